The second kappa shape index (κ2) is 12.3. The zero-order chi connectivity index (χ0) is 30.6. The maximum Gasteiger partial charge on any atom is 0.362 e. The molecule has 0 spiro atoms. The number of benzene rings is 3. The number of amides is 2. The predicted octanol–water partition coefficient (Wildman–Crippen LogP) is 3.37. The summed E-state index contributed by atoms with van der Waals surface area (Å²) < 4.78 is 45.6. The Morgan fingerprint density at radius 3 is 1.98 bits per heavy atom. The summed E-state index contributed by atoms with van der Waals surface area (Å²) in [5, 5.41) is 11.6. The Bertz CT molecular complexity index is 1640. The van der Waals surface area contributed by atoms with Gasteiger partial charge < -0.3 is 15.5 Å². The van der Waals surface area contributed by atoms with Crippen molar-refractivity contribution < 1.29 is 31.8 Å². The van der Waals surface area contributed by atoms with Crippen molar-refractivity contribution in [2.75, 3.05) is 19.1 Å². The van der Waals surface area contributed by atoms with Crippen molar-refractivity contribution in [1.82, 2.24) is 14.6 Å². The minimum atomic E-state index is -4.99. The summed E-state index contributed by atoms with van der Waals surface area (Å²) in [7, 11) is -3.78. The van der Waals surface area contributed by atoms with E-state index in [4.69, 9.17) is 4.84 Å². The van der Waals surface area contributed by atoms with Gasteiger partial charge in [-0.05, 0) is 16.7 Å². The molecule has 5 rings (SSSR count). The molecule has 2 unspecified atom stereocenters. The quantitative estimate of drug-likeness (QED) is 0.0757. The van der Waals surface area contributed by atoms with Crippen molar-refractivity contribution in [3.8, 4) is 0 Å². The number of carbonyl (C=O) groups is 2. The third kappa shape index (κ3) is 5.71. The number of alkyl halides is 1. The van der Waals surface area contributed by atoms with Gasteiger partial charge >= 0.3 is 10.3 Å². The van der Waals surface area contributed by atoms with E-state index >= 15 is 0 Å². The van der Waals surface area contributed by atoms with Crippen molar-refractivity contribution in [2.24, 2.45) is 5.16 Å². The lowest BCUT2D eigenvalue weighted by atomic mass is 9.77. The van der Waals surface area contributed by atoms with E-state index in [2.05, 4.69) is 20.8 Å². The molecule has 0 aliphatic carbocycles. The van der Waals surface area contributed by atoms with Gasteiger partial charge in [-0.2, -0.15) is 8.42 Å². The van der Waals surface area contributed by atoms with Crippen LogP contribution in [0.2, 0.25) is 0 Å². The number of nitrogens with zero attached hydrogens (tertiary/aromatic N) is 3. The smallest absolute Gasteiger partial charge is 0.362 e. The molecule has 0 radical (unpaired) electrons. The first-order valence-corrected chi connectivity index (χ1v) is 15.2. The number of anilines is 1. The molecule has 3 aromatic carbocycles. The number of hydrogen-bond acceptors (Lipinski definition) is 9. The maximum atomic E-state index is 13.6. The van der Waals surface area contributed by atoms with Crippen LogP contribution in [0.3, 0.4) is 0 Å². The Morgan fingerprint density at radius 1 is 1.02 bits per heavy atom. The third-order valence-corrected chi connectivity index (χ3v) is 8.63. The lowest BCUT2D eigenvalue weighted by Gasteiger charge is -2.42. The minimum Gasteiger partial charge on any atom is -0.398 e. The summed E-state index contributed by atoms with van der Waals surface area (Å²) in [5.74, 6) is -2.14. The van der Waals surface area contributed by atoms with Gasteiger partial charge in [0.2, 0.25) is 0 Å². The molecule has 1 aromatic heterocycles. The Labute approximate surface area is 250 Å². The Balaban J connectivity index is 1.50. The molecule has 2 atom stereocenters. The van der Waals surface area contributed by atoms with Crippen LogP contribution >= 0.6 is 11.3 Å². The number of thiazole rings is 1. The Morgan fingerprint density at radius 2 is 1.53 bits per heavy atom. The van der Waals surface area contributed by atoms with Crippen LogP contribution in [-0.4, -0.2) is 65.7 Å². The zero-order valence-corrected chi connectivity index (χ0v) is 24.3. The molecule has 1 aliphatic rings. The van der Waals surface area contributed by atoms with Crippen molar-refractivity contribution in [3.05, 3.63) is 119 Å². The van der Waals surface area contributed by atoms with Crippen molar-refractivity contribution >= 4 is 44.3 Å². The van der Waals surface area contributed by atoms with Crippen LogP contribution in [0, 0.1) is 0 Å². The highest BCUT2D eigenvalue weighted by molar-refractivity contribution is 7.84. The fraction of sp³-hybridized carbons (Fsp3) is 0.172. The second-order valence-corrected chi connectivity index (χ2v) is 11.6. The van der Waals surface area contributed by atoms with Crippen LogP contribution in [0.4, 0.5) is 9.52 Å². The van der Waals surface area contributed by atoms with Gasteiger partial charge in [0.1, 0.15) is 37.1 Å². The van der Waals surface area contributed by atoms with Gasteiger partial charge in [-0.15, -0.1) is 11.3 Å². The van der Waals surface area contributed by atoms with E-state index in [1.807, 2.05) is 91.0 Å². The summed E-state index contributed by atoms with van der Waals surface area (Å²) in [6.45, 7) is -1.32. The molecule has 222 valence electrons. The lowest BCUT2D eigenvalue weighted by molar-refractivity contribution is -0.145. The summed E-state index contributed by atoms with van der Waals surface area (Å²) in [6.07, 6.45) is 0. The largest absolute Gasteiger partial charge is 0.398 e. The van der Waals surface area contributed by atoms with E-state index in [0.717, 1.165) is 16.7 Å². The predicted molar refractivity (Wildman–Crippen MR) is 159 cm³/mol. The number of carbonyl (C=O) groups excluding carboxylic acids is 2. The highest BCUT2D eigenvalue weighted by atomic mass is 32.2. The van der Waals surface area contributed by atoms with Crippen molar-refractivity contribution in [1.29, 1.82) is 0 Å². The highest BCUT2D eigenvalue weighted by Gasteiger charge is 2.54. The fourth-order valence-electron chi connectivity index (χ4n) is 5.00. The molecule has 4 aromatic rings. The number of halogens is 1. The number of oxime groups is 1. The number of rotatable bonds is 11. The first-order valence-electron chi connectivity index (χ1n) is 12.9. The first-order chi connectivity index (χ1) is 20.7. The molecule has 1 aliphatic heterocycles. The average Bonchev–Trinajstić information content (AvgIpc) is 3.48. The molecular weight excluding hydrogens is 597 g/mol. The van der Waals surface area contributed by atoms with Crippen LogP contribution < -0.4 is 10.6 Å². The fourth-order valence-corrected chi connectivity index (χ4v) is 6.61. The van der Waals surface area contributed by atoms with Gasteiger partial charge in [0.15, 0.2) is 10.8 Å². The van der Waals surface area contributed by atoms with Gasteiger partial charge in [-0.25, -0.2) is 13.7 Å². The molecule has 1 saturated heterocycles. The second-order valence-electron chi connectivity index (χ2n) is 9.42. The summed E-state index contributed by atoms with van der Waals surface area (Å²) in [4.78, 5) is 34.9. The normalized spacial score (nSPS) is 17.2. The van der Waals surface area contributed by atoms with Gasteiger partial charge in [0.25, 0.3) is 11.8 Å². The van der Waals surface area contributed by atoms with E-state index in [0.29, 0.717) is 5.13 Å². The topological polar surface area (TPSA) is 150 Å². The van der Waals surface area contributed by atoms with Gasteiger partial charge in [-0.3, -0.25) is 14.1 Å². The van der Waals surface area contributed by atoms with E-state index in [1.165, 1.54) is 18.4 Å². The molecule has 3 N–H and O–H groups in total. The van der Waals surface area contributed by atoms with Crippen molar-refractivity contribution in [3.63, 3.8) is 0 Å². The van der Waals surface area contributed by atoms with Gasteiger partial charge in [0.05, 0.1) is 0 Å². The van der Waals surface area contributed by atoms with E-state index in [-0.39, 0.29) is 15.7 Å². The van der Waals surface area contributed by atoms with Gasteiger partial charge in [-0.1, -0.05) is 96.2 Å². The van der Waals surface area contributed by atoms with Crippen LogP contribution in [0.5, 0.6) is 0 Å². The maximum absolute atomic E-state index is 13.6. The minimum absolute atomic E-state index is 0.0215. The Kier molecular flexibility index (Phi) is 8.52. The molecule has 2 heterocycles. The Hall–Kier alpha value is -4.66. The van der Waals surface area contributed by atoms with Crippen LogP contribution in [0.1, 0.15) is 22.4 Å². The average molecular weight is 624 g/mol. The molecule has 14 heteroatoms. The monoisotopic (exact) mass is 623 g/mol. The molecule has 11 nitrogen and oxygen atoms in total. The van der Waals surface area contributed by atoms with E-state index in [1.54, 1.807) is 5.38 Å². The first kappa shape index (κ1) is 29.8. The number of aromatic nitrogens is 1. The summed E-state index contributed by atoms with van der Waals surface area (Å²) in [6, 6.07) is 26.3. The number of hydrogen-bond donors (Lipinski definition) is 3. The molecule has 0 bridgehead atoms. The summed E-state index contributed by atoms with van der Waals surface area (Å²) in [5.41, 5.74) is 1.65. The number of β-lactam (4-membered cyclic amide) rings is 1. The third-order valence-electron chi connectivity index (χ3n) is 6.92. The SMILES string of the molecule is CON=C(C(=O)NC1C(=O)N(S(=O)(=O)O)C1CF)c1csc(NC(c2ccccc2)(c2ccccc2)c2ccccc2)n1. The standard InChI is InChI=1S/C29H26FN5O6S2/c1-41-34-24(26(36)32-25-23(17-30)35(27(25)37)43(38,39)40)22-18-42-28(31-22)33-29(19-11-5-2-6-12-19,20-13-7-3-8-14-20)21-15-9-4-10-16-21/h2-16,18,23,25H,17H2,1H3,(H,31,33)(H,32,36)(H,38,39,40). The van der Waals surface area contributed by atoms with Crippen LogP contribution in [-0.2, 0) is 30.3 Å². The zero-order valence-electron chi connectivity index (χ0n) is 22.6. The van der Waals surface area contributed by atoms with Crippen molar-refractivity contribution in [2.45, 2.75) is 17.6 Å². The van der Waals surface area contributed by atoms with Crippen LogP contribution in [0.15, 0.2) is 102 Å². The van der Waals surface area contributed by atoms with Crippen LogP contribution in [0.25, 0.3) is 0 Å². The van der Waals surface area contributed by atoms with Gasteiger partial charge in [0, 0.05) is 5.38 Å². The summed E-state index contributed by atoms with van der Waals surface area (Å²) >= 11 is 1.19. The lowest BCUT2D eigenvalue weighted by Crippen LogP contribution is -2.73. The number of nitrogens with one attached hydrogen (secondary N) is 2. The van der Waals surface area contributed by atoms with E-state index in [9.17, 15) is 27.0 Å². The molecular formula is C29H26FN5O6S2. The molecule has 0 saturated carbocycles. The highest BCUT2D eigenvalue weighted by Crippen LogP contribution is 2.40. The molecule has 43 heavy (non-hydrogen) atoms. The van der Waals surface area contributed by atoms with E-state index < -0.39 is 46.4 Å². The molecule has 2 amide bonds. The molecule has 1 fully saturated rings.